The number of ether oxygens (including phenoxy) is 2. The Bertz CT molecular complexity index is 1470. The van der Waals surface area contributed by atoms with Gasteiger partial charge >= 0.3 is 12.2 Å². The second kappa shape index (κ2) is 11.9. The molecule has 3 N–H and O–H groups in total. The average molecular weight is 577 g/mol. The summed E-state index contributed by atoms with van der Waals surface area (Å²) in [6.07, 6.45) is 0.113. The van der Waals surface area contributed by atoms with Crippen molar-refractivity contribution in [1.82, 2.24) is 10.2 Å². The molecule has 41 heavy (non-hydrogen) atoms. The van der Waals surface area contributed by atoms with Crippen molar-refractivity contribution in [3.05, 3.63) is 94.5 Å². The van der Waals surface area contributed by atoms with Gasteiger partial charge in [0.1, 0.15) is 6.04 Å². The highest BCUT2D eigenvalue weighted by Gasteiger charge is 2.49. The Kier molecular flexibility index (Phi) is 8.11. The van der Waals surface area contributed by atoms with E-state index in [1.807, 2.05) is 30.3 Å². The van der Waals surface area contributed by atoms with Crippen LogP contribution in [0.3, 0.4) is 0 Å². The van der Waals surface area contributed by atoms with Gasteiger partial charge in [-0.15, -0.1) is 0 Å². The molecule has 1 spiro atoms. The highest BCUT2D eigenvalue weighted by molar-refractivity contribution is 6.30. The van der Waals surface area contributed by atoms with Crippen LogP contribution in [-0.4, -0.2) is 55.1 Å². The van der Waals surface area contributed by atoms with E-state index < -0.39 is 29.7 Å². The molecule has 1 fully saturated rings. The molecule has 2 heterocycles. The van der Waals surface area contributed by atoms with Crippen LogP contribution in [-0.2, 0) is 26.3 Å². The summed E-state index contributed by atoms with van der Waals surface area (Å²) in [5, 5.41) is 8.62. The highest BCUT2D eigenvalue weighted by atomic mass is 35.5. The van der Waals surface area contributed by atoms with E-state index in [0.29, 0.717) is 53.3 Å². The Morgan fingerprint density at radius 3 is 2.59 bits per heavy atom. The Labute approximate surface area is 241 Å². The zero-order valence-corrected chi connectivity index (χ0v) is 23.1. The SMILES string of the molecule is COC(=O)Nc1ccc(C(=O)N[C@@H](CCc2ccccc2)C(=O)N2CCC3(C2)OC(=O)Nc2ccc(Cl)cc23)cc1. The summed E-state index contributed by atoms with van der Waals surface area (Å²) < 4.78 is 10.4. The molecule has 2 aliphatic heterocycles. The van der Waals surface area contributed by atoms with E-state index in [2.05, 4.69) is 20.7 Å². The summed E-state index contributed by atoms with van der Waals surface area (Å²) >= 11 is 6.26. The number of methoxy groups -OCH3 is 1. The molecule has 0 radical (unpaired) electrons. The topological polar surface area (TPSA) is 126 Å². The minimum atomic E-state index is -1.03. The smallest absolute Gasteiger partial charge is 0.412 e. The van der Waals surface area contributed by atoms with Gasteiger partial charge in [0, 0.05) is 34.8 Å². The van der Waals surface area contributed by atoms with Crippen LogP contribution < -0.4 is 16.0 Å². The molecule has 4 amide bonds. The van der Waals surface area contributed by atoms with E-state index in [0.717, 1.165) is 5.56 Å². The van der Waals surface area contributed by atoms with Gasteiger partial charge < -0.3 is 19.7 Å². The molecule has 2 aliphatic rings. The van der Waals surface area contributed by atoms with Crippen LogP contribution in [0.1, 0.15) is 34.3 Å². The fourth-order valence-corrected chi connectivity index (χ4v) is 5.36. The molecule has 2 atom stereocenters. The Hall–Kier alpha value is -4.57. The number of likely N-dealkylation sites (tertiary alicyclic amines) is 1. The monoisotopic (exact) mass is 576 g/mol. The quantitative estimate of drug-likeness (QED) is 0.366. The minimum absolute atomic E-state index is 0.137. The average Bonchev–Trinajstić information content (AvgIpc) is 3.40. The number of amides is 4. The number of halogens is 1. The van der Waals surface area contributed by atoms with Crippen molar-refractivity contribution in [2.75, 3.05) is 30.8 Å². The van der Waals surface area contributed by atoms with Crippen molar-refractivity contribution < 1.29 is 28.7 Å². The third kappa shape index (κ3) is 6.28. The summed E-state index contributed by atoms with van der Waals surface area (Å²) in [7, 11) is 1.26. The van der Waals surface area contributed by atoms with E-state index in [1.165, 1.54) is 7.11 Å². The molecular formula is C30H29ClN4O6. The molecular weight excluding hydrogens is 548 g/mol. The lowest BCUT2D eigenvalue weighted by molar-refractivity contribution is -0.133. The van der Waals surface area contributed by atoms with Gasteiger partial charge in [-0.3, -0.25) is 20.2 Å². The molecule has 1 unspecified atom stereocenters. The zero-order valence-electron chi connectivity index (χ0n) is 22.3. The first-order valence-electron chi connectivity index (χ1n) is 13.1. The lowest BCUT2D eigenvalue weighted by atomic mass is 9.90. The largest absolute Gasteiger partial charge is 0.453 e. The molecule has 212 valence electrons. The summed E-state index contributed by atoms with van der Waals surface area (Å²) in [4.78, 5) is 52.6. The van der Waals surface area contributed by atoms with Crippen molar-refractivity contribution in [2.45, 2.75) is 30.9 Å². The first-order chi connectivity index (χ1) is 19.8. The Morgan fingerprint density at radius 1 is 1.10 bits per heavy atom. The second-order valence-corrected chi connectivity index (χ2v) is 10.4. The fourth-order valence-electron chi connectivity index (χ4n) is 5.19. The summed E-state index contributed by atoms with van der Waals surface area (Å²) in [5.41, 5.74) is 2.10. The maximum atomic E-state index is 13.9. The fraction of sp³-hybridized carbons (Fsp3) is 0.267. The molecule has 3 aromatic rings. The van der Waals surface area contributed by atoms with Crippen molar-refractivity contribution in [3.63, 3.8) is 0 Å². The molecule has 11 heteroatoms. The number of rotatable bonds is 7. The van der Waals surface area contributed by atoms with Gasteiger partial charge in [0.25, 0.3) is 5.91 Å². The number of benzene rings is 3. The molecule has 0 saturated carbocycles. The number of anilines is 2. The second-order valence-electron chi connectivity index (χ2n) is 9.95. The van der Waals surface area contributed by atoms with Gasteiger partial charge in [0.2, 0.25) is 5.91 Å². The molecule has 0 aromatic heterocycles. The third-order valence-electron chi connectivity index (χ3n) is 7.29. The van der Waals surface area contributed by atoms with Crippen LogP contribution in [0, 0.1) is 0 Å². The van der Waals surface area contributed by atoms with Gasteiger partial charge in [-0.2, -0.15) is 0 Å². The first kappa shape index (κ1) is 28.0. The predicted molar refractivity (Wildman–Crippen MR) is 153 cm³/mol. The lowest BCUT2D eigenvalue weighted by Gasteiger charge is -2.35. The first-order valence-corrected chi connectivity index (χ1v) is 13.5. The third-order valence-corrected chi connectivity index (χ3v) is 7.52. The number of aryl methyl sites for hydroxylation is 1. The number of carbonyl (C=O) groups excluding carboxylic acids is 4. The number of carbonyl (C=O) groups is 4. The van der Waals surface area contributed by atoms with E-state index in [4.69, 9.17) is 16.3 Å². The highest BCUT2D eigenvalue weighted by Crippen LogP contribution is 2.43. The van der Waals surface area contributed by atoms with Crippen LogP contribution >= 0.6 is 11.6 Å². The molecule has 1 saturated heterocycles. The van der Waals surface area contributed by atoms with E-state index >= 15 is 0 Å². The summed E-state index contributed by atoms with van der Waals surface area (Å²) in [5.74, 6) is -0.700. The molecule has 0 aliphatic carbocycles. The summed E-state index contributed by atoms with van der Waals surface area (Å²) in [6, 6.07) is 20.3. The standard InChI is InChI=1S/C30H29ClN4O6/c1-40-28(38)32-22-11-8-20(9-12-22)26(36)33-25(13-7-19-5-3-2-4-6-19)27(37)35-16-15-30(18-35)23-17-21(31)10-14-24(23)34-29(39)41-30/h2-6,8-12,14,17,25H,7,13,15-16,18H2,1H3,(H,32,38)(H,33,36)(H,34,39)/t25-,30?/m0/s1. The molecule has 10 nitrogen and oxygen atoms in total. The van der Waals surface area contributed by atoms with Crippen LogP contribution in [0.15, 0.2) is 72.8 Å². The van der Waals surface area contributed by atoms with Crippen molar-refractivity contribution >= 4 is 47.0 Å². The number of hydrogen-bond acceptors (Lipinski definition) is 6. The van der Waals surface area contributed by atoms with E-state index in [9.17, 15) is 19.2 Å². The maximum absolute atomic E-state index is 13.9. The lowest BCUT2D eigenvalue weighted by Crippen LogP contribution is -2.50. The Morgan fingerprint density at radius 2 is 1.85 bits per heavy atom. The van der Waals surface area contributed by atoms with Crippen LogP contribution in [0.25, 0.3) is 0 Å². The van der Waals surface area contributed by atoms with Crippen molar-refractivity contribution in [3.8, 4) is 0 Å². The number of fused-ring (bicyclic) bond motifs is 2. The van der Waals surface area contributed by atoms with Gasteiger partial charge in [-0.25, -0.2) is 9.59 Å². The maximum Gasteiger partial charge on any atom is 0.412 e. The zero-order chi connectivity index (χ0) is 29.0. The van der Waals surface area contributed by atoms with Gasteiger partial charge in [-0.05, 0) is 60.9 Å². The van der Waals surface area contributed by atoms with Crippen LogP contribution in [0.2, 0.25) is 5.02 Å². The van der Waals surface area contributed by atoms with Crippen molar-refractivity contribution in [1.29, 1.82) is 0 Å². The van der Waals surface area contributed by atoms with Crippen LogP contribution in [0.5, 0.6) is 0 Å². The van der Waals surface area contributed by atoms with E-state index in [1.54, 1.807) is 47.4 Å². The van der Waals surface area contributed by atoms with Crippen LogP contribution in [0.4, 0.5) is 21.0 Å². The molecule has 0 bridgehead atoms. The Balaban J connectivity index is 1.34. The molecule has 3 aromatic carbocycles. The minimum Gasteiger partial charge on any atom is -0.453 e. The summed E-state index contributed by atoms with van der Waals surface area (Å²) in [6.45, 7) is 0.474. The van der Waals surface area contributed by atoms with Gasteiger partial charge in [-0.1, -0.05) is 41.9 Å². The van der Waals surface area contributed by atoms with Gasteiger partial charge in [0.15, 0.2) is 5.60 Å². The number of hydrogen-bond donors (Lipinski definition) is 3. The van der Waals surface area contributed by atoms with Crippen molar-refractivity contribution in [2.24, 2.45) is 0 Å². The number of nitrogens with zero attached hydrogens (tertiary/aromatic N) is 1. The normalized spacial score (nSPS) is 18.1. The van der Waals surface area contributed by atoms with Gasteiger partial charge in [0.05, 0.1) is 19.3 Å². The predicted octanol–water partition coefficient (Wildman–Crippen LogP) is 4.94. The van der Waals surface area contributed by atoms with E-state index in [-0.39, 0.29) is 12.5 Å². The molecule has 5 rings (SSSR count). The number of nitrogens with one attached hydrogen (secondary N) is 3.